The van der Waals surface area contributed by atoms with Crippen LogP contribution in [0.3, 0.4) is 0 Å². The largest absolute Gasteiger partial charge is 1.00 e. The minimum absolute atomic E-state index is 0. The van der Waals surface area contributed by atoms with Gasteiger partial charge in [0.2, 0.25) is 0 Å². The minimum atomic E-state index is -0.209. The van der Waals surface area contributed by atoms with Gasteiger partial charge in [-0.1, -0.05) is 0 Å². The van der Waals surface area contributed by atoms with E-state index in [4.69, 9.17) is 0 Å². The molecular weight excluding hydrogens is 450 g/mol. The predicted octanol–water partition coefficient (Wildman–Crippen LogP) is 0.335. The maximum Gasteiger partial charge on any atom is -1.00 e. The van der Waals surface area contributed by atoms with Crippen LogP contribution in [0, 0.1) is 0 Å². The molecule has 3 aromatic rings. The second-order valence-electron chi connectivity index (χ2n) is 7.20. The summed E-state index contributed by atoms with van der Waals surface area (Å²) in [6, 6.07) is 29.0. The van der Waals surface area contributed by atoms with Crippen LogP contribution in [-0.2, 0) is 19.2 Å². The molecule has 4 heteroatoms. The Hall–Kier alpha value is -1.14. The molecule has 3 aromatic carbocycles. The molecule has 0 spiro atoms. The van der Waals surface area contributed by atoms with E-state index in [1.807, 2.05) is 0 Å². The second-order valence-corrected chi connectivity index (χ2v) is 10.9. The van der Waals surface area contributed by atoms with E-state index >= 15 is 0 Å². The molecule has 0 fully saturated rings. The average Bonchev–Trinajstić information content (AvgIpc) is 3.24. The monoisotopic (exact) mass is 470 g/mol. The standard InChI is InChI=1S/C16H14P.C9H7.2ClH.Ti/c1-12-11-13-7-5-6-10-15(13)16(12)17-14-8-3-2-4-9-14;1-2-5-9-7-3-6-8(9)4-1;;;/h2-11,17H,1H3;1-7H;2*1H;/q;;;;+2/p-2. The Balaban J connectivity index is 0.00000120. The van der Waals surface area contributed by atoms with Crippen LogP contribution < -0.4 is 30.1 Å². The number of halogens is 2. The van der Waals surface area contributed by atoms with Crippen molar-refractivity contribution >= 4 is 25.3 Å². The van der Waals surface area contributed by atoms with Crippen LogP contribution >= 0.6 is 8.58 Å². The zero-order valence-corrected chi connectivity index (χ0v) is 20.1. The van der Waals surface area contributed by atoms with Gasteiger partial charge in [0.1, 0.15) is 0 Å². The third-order valence-corrected chi connectivity index (χ3v) is 10.1. The van der Waals surface area contributed by atoms with Crippen molar-refractivity contribution in [3.63, 3.8) is 0 Å². The van der Waals surface area contributed by atoms with Crippen molar-refractivity contribution in [3.05, 3.63) is 113 Å². The Morgan fingerprint density at radius 2 is 1.41 bits per heavy atom. The van der Waals surface area contributed by atoms with Crippen LogP contribution in [0.2, 0.25) is 0 Å². The van der Waals surface area contributed by atoms with Gasteiger partial charge in [-0.15, -0.1) is 0 Å². The van der Waals surface area contributed by atoms with Gasteiger partial charge < -0.3 is 24.8 Å². The molecule has 0 bridgehead atoms. The number of hydrogen-bond acceptors (Lipinski definition) is 0. The molecule has 0 amide bonds. The summed E-state index contributed by atoms with van der Waals surface area (Å²) < 4.78 is 1.29. The normalized spacial score (nSPS) is 18.8. The van der Waals surface area contributed by atoms with Gasteiger partial charge >= 0.3 is 173 Å². The fraction of sp³-hybridized carbons (Fsp3) is 0.120. The van der Waals surface area contributed by atoms with E-state index in [2.05, 4.69) is 97.9 Å². The first-order valence-electron chi connectivity index (χ1n) is 9.46. The average molecular weight is 471 g/mol. The van der Waals surface area contributed by atoms with E-state index in [0.29, 0.717) is 8.45 Å². The Morgan fingerprint density at radius 3 is 2.21 bits per heavy atom. The second kappa shape index (κ2) is 9.78. The molecule has 0 saturated carbocycles. The van der Waals surface area contributed by atoms with Crippen LogP contribution in [0.5, 0.6) is 0 Å². The molecule has 2 aliphatic carbocycles. The fourth-order valence-corrected chi connectivity index (χ4v) is 8.63. The molecular formula is C25H21Cl2PTi. The van der Waals surface area contributed by atoms with Crippen molar-refractivity contribution in [1.82, 2.24) is 0 Å². The SMILES string of the molecule is CC1=C(Pc2ccccc2)c2ccccc2[CH]1[Ti+2][CH]1C=Cc2ccccc21.[Cl-].[Cl-]. The molecule has 144 valence electrons. The van der Waals surface area contributed by atoms with Gasteiger partial charge in [0.05, 0.1) is 0 Å². The summed E-state index contributed by atoms with van der Waals surface area (Å²) in [5, 5.41) is 3.02. The van der Waals surface area contributed by atoms with E-state index in [-0.39, 0.29) is 44.0 Å². The summed E-state index contributed by atoms with van der Waals surface area (Å²) in [5.74, 6) is 0. The number of benzene rings is 3. The topological polar surface area (TPSA) is 0 Å². The predicted molar refractivity (Wildman–Crippen MR) is 114 cm³/mol. The van der Waals surface area contributed by atoms with E-state index < -0.39 is 0 Å². The van der Waals surface area contributed by atoms with Crippen LogP contribution in [0.4, 0.5) is 0 Å². The van der Waals surface area contributed by atoms with Crippen molar-refractivity contribution in [2.75, 3.05) is 0 Å². The van der Waals surface area contributed by atoms with Crippen LogP contribution in [0.15, 0.2) is 90.5 Å². The van der Waals surface area contributed by atoms with Crippen LogP contribution in [-0.4, -0.2) is 0 Å². The van der Waals surface area contributed by atoms with Crippen molar-refractivity contribution in [1.29, 1.82) is 0 Å². The molecule has 0 N–H and O–H groups in total. The molecule has 5 rings (SSSR count). The van der Waals surface area contributed by atoms with E-state index in [0.717, 1.165) is 8.58 Å². The third kappa shape index (κ3) is 4.34. The first kappa shape index (κ1) is 22.5. The molecule has 2 aliphatic rings. The maximum absolute atomic E-state index is 2.46. The van der Waals surface area contributed by atoms with Crippen molar-refractivity contribution < 1.29 is 44.0 Å². The fourth-order valence-electron chi connectivity index (χ4n) is 4.19. The number of hydrogen-bond donors (Lipinski definition) is 0. The van der Waals surface area contributed by atoms with Crippen molar-refractivity contribution in [2.24, 2.45) is 0 Å². The Bertz CT molecular complexity index is 1060. The molecule has 0 radical (unpaired) electrons. The Morgan fingerprint density at radius 1 is 0.759 bits per heavy atom. The molecule has 0 saturated heterocycles. The Labute approximate surface area is 196 Å². The summed E-state index contributed by atoms with van der Waals surface area (Å²) in [6.45, 7) is 2.39. The zero-order chi connectivity index (χ0) is 18.2. The minimum Gasteiger partial charge on any atom is -1.00 e. The van der Waals surface area contributed by atoms with Gasteiger partial charge in [-0.2, -0.15) is 0 Å². The van der Waals surface area contributed by atoms with E-state index in [1.54, 1.807) is 22.0 Å². The summed E-state index contributed by atoms with van der Waals surface area (Å²) in [4.78, 5) is 0. The van der Waals surface area contributed by atoms with Gasteiger partial charge in [-0.25, -0.2) is 0 Å². The first-order chi connectivity index (χ1) is 13.3. The molecule has 0 aromatic heterocycles. The van der Waals surface area contributed by atoms with Crippen LogP contribution in [0.1, 0.15) is 37.6 Å². The zero-order valence-electron chi connectivity index (χ0n) is 16.1. The molecule has 0 nitrogen and oxygen atoms in total. The first-order valence-corrected chi connectivity index (χ1v) is 12.3. The number of fused-ring (bicyclic) bond motifs is 2. The summed E-state index contributed by atoms with van der Waals surface area (Å²) in [7, 11) is 0.750. The van der Waals surface area contributed by atoms with Gasteiger partial charge in [-0.3, -0.25) is 0 Å². The number of allylic oxidation sites excluding steroid dienone is 2. The molecule has 0 heterocycles. The summed E-state index contributed by atoms with van der Waals surface area (Å²) in [6.07, 6.45) is 4.79. The third-order valence-electron chi connectivity index (χ3n) is 5.56. The van der Waals surface area contributed by atoms with Crippen molar-refractivity contribution in [3.8, 4) is 0 Å². The van der Waals surface area contributed by atoms with Gasteiger partial charge in [-0.05, 0) is 0 Å². The van der Waals surface area contributed by atoms with Crippen LogP contribution in [0.25, 0.3) is 11.4 Å². The number of rotatable bonds is 4. The molecule has 3 atom stereocenters. The van der Waals surface area contributed by atoms with E-state index in [9.17, 15) is 0 Å². The van der Waals surface area contributed by atoms with Gasteiger partial charge in [0.15, 0.2) is 0 Å². The summed E-state index contributed by atoms with van der Waals surface area (Å²) >= 11 is -0.209. The van der Waals surface area contributed by atoms with Gasteiger partial charge in [0, 0.05) is 0 Å². The molecule has 29 heavy (non-hydrogen) atoms. The molecule has 0 aliphatic heterocycles. The Kier molecular flexibility index (Phi) is 7.60. The quantitative estimate of drug-likeness (QED) is 0.381. The van der Waals surface area contributed by atoms with E-state index in [1.165, 1.54) is 16.4 Å². The summed E-state index contributed by atoms with van der Waals surface area (Å²) in [5.41, 5.74) is 7.66. The smallest absolute Gasteiger partial charge is 1.00 e. The molecule has 3 unspecified atom stereocenters. The maximum atomic E-state index is 2.46. The van der Waals surface area contributed by atoms with Crippen molar-refractivity contribution in [2.45, 2.75) is 15.4 Å². The van der Waals surface area contributed by atoms with Gasteiger partial charge in [0.25, 0.3) is 0 Å².